The zero-order valence-electron chi connectivity index (χ0n) is 15.3. The summed E-state index contributed by atoms with van der Waals surface area (Å²) in [5.41, 5.74) is 3.66. The summed E-state index contributed by atoms with van der Waals surface area (Å²) < 4.78 is 21.8. The van der Waals surface area contributed by atoms with Crippen LogP contribution in [-0.2, 0) is 6.42 Å². The number of methoxy groups -OCH3 is 2. The summed E-state index contributed by atoms with van der Waals surface area (Å²) in [5, 5.41) is 0. The van der Waals surface area contributed by atoms with Crippen molar-refractivity contribution in [3.8, 4) is 23.0 Å². The maximum absolute atomic E-state index is 5.50. The van der Waals surface area contributed by atoms with Gasteiger partial charge in [-0.1, -0.05) is 18.2 Å². The monoisotopic (exact) mass is 353 g/mol. The van der Waals surface area contributed by atoms with Crippen molar-refractivity contribution in [3.63, 3.8) is 0 Å². The number of fused-ring (bicyclic) bond motifs is 2. The van der Waals surface area contributed by atoms with E-state index in [0.717, 1.165) is 41.5 Å². The molecular formula is C21H23NO4. The quantitative estimate of drug-likeness (QED) is 0.839. The van der Waals surface area contributed by atoms with Crippen LogP contribution in [0.15, 0.2) is 36.4 Å². The fourth-order valence-electron chi connectivity index (χ4n) is 3.57. The lowest BCUT2D eigenvalue weighted by Gasteiger charge is -2.33. The average molecular weight is 353 g/mol. The van der Waals surface area contributed by atoms with E-state index in [1.807, 2.05) is 18.2 Å². The Bertz CT molecular complexity index is 846. The predicted octanol–water partition coefficient (Wildman–Crippen LogP) is 3.67. The molecule has 2 aromatic rings. The zero-order valence-corrected chi connectivity index (χ0v) is 15.3. The molecule has 26 heavy (non-hydrogen) atoms. The molecule has 0 N–H and O–H groups in total. The van der Waals surface area contributed by atoms with Gasteiger partial charge in [0.1, 0.15) is 0 Å². The van der Waals surface area contributed by atoms with Crippen LogP contribution < -0.4 is 18.9 Å². The van der Waals surface area contributed by atoms with E-state index in [-0.39, 0.29) is 6.04 Å². The highest BCUT2D eigenvalue weighted by molar-refractivity contribution is 5.58. The molecule has 0 fully saturated rings. The topological polar surface area (TPSA) is 40.2 Å². The third-order valence-electron chi connectivity index (χ3n) is 5.04. The van der Waals surface area contributed by atoms with Crippen molar-refractivity contribution in [1.29, 1.82) is 0 Å². The van der Waals surface area contributed by atoms with Gasteiger partial charge in [-0.05, 0) is 54.4 Å². The van der Waals surface area contributed by atoms with Crippen molar-refractivity contribution < 1.29 is 18.9 Å². The Kier molecular flexibility index (Phi) is 4.47. The van der Waals surface area contributed by atoms with E-state index in [2.05, 4.69) is 36.2 Å². The first kappa shape index (κ1) is 16.8. The SMILES string of the molecule is COc1cc2c(cc1OC)C(/C=C/c1ccc3c(c1)OCO3)N(C)CC2. The second-order valence-corrected chi connectivity index (χ2v) is 6.55. The first-order valence-corrected chi connectivity index (χ1v) is 8.72. The number of hydrogen-bond acceptors (Lipinski definition) is 5. The first-order chi connectivity index (χ1) is 12.7. The number of nitrogens with zero attached hydrogens (tertiary/aromatic N) is 1. The van der Waals surface area contributed by atoms with E-state index >= 15 is 0 Å². The number of hydrogen-bond donors (Lipinski definition) is 0. The summed E-state index contributed by atoms with van der Waals surface area (Å²) >= 11 is 0. The maximum Gasteiger partial charge on any atom is 0.231 e. The van der Waals surface area contributed by atoms with Gasteiger partial charge in [0.05, 0.1) is 20.3 Å². The second-order valence-electron chi connectivity index (χ2n) is 6.55. The Hall–Kier alpha value is -2.66. The highest BCUT2D eigenvalue weighted by Crippen LogP contribution is 2.39. The summed E-state index contributed by atoms with van der Waals surface area (Å²) in [4.78, 5) is 2.34. The van der Waals surface area contributed by atoms with Crippen molar-refractivity contribution in [2.45, 2.75) is 12.5 Å². The lowest BCUT2D eigenvalue weighted by Crippen LogP contribution is -2.31. The summed E-state index contributed by atoms with van der Waals surface area (Å²) in [5.74, 6) is 3.16. The van der Waals surface area contributed by atoms with Gasteiger partial charge in [0.25, 0.3) is 0 Å². The number of ether oxygens (including phenoxy) is 4. The molecule has 2 aromatic carbocycles. The van der Waals surface area contributed by atoms with Crippen LogP contribution in [0.1, 0.15) is 22.7 Å². The third-order valence-corrected chi connectivity index (χ3v) is 5.04. The summed E-state index contributed by atoms with van der Waals surface area (Å²) in [6.45, 7) is 1.29. The van der Waals surface area contributed by atoms with E-state index in [1.54, 1.807) is 14.2 Å². The third kappa shape index (κ3) is 2.99. The zero-order chi connectivity index (χ0) is 18.1. The first-order valence-electron chi connectivity index (χ1n) is 8.72. The van der Waals surface area contributed by atoms with Crippen molar-refractivity contribution in [2.24, 2.45) is 0 Å². The minimum absolute atomic E-state index is 0.184. The normalized spacial score (nSPS) is 18.8. The van der Waals surface area contributed by atoms with Gasteiger partial charge in [-0.25, -0.2) is 0 Å². The molecule has 5 nitrogen and oxygen atoms in total. The molecule has 5 heteroatoms. The minimum Gasteiger partial charge on any atom is -0.493 e. The van der Waals surface area contributed by atoms with Crippen LogP contribution in [0.5, 0.6) is 23.0 Å². The van der Waals surface area contributed by atoms with E-state index in [0.29, 0.717) is 6.79 Å². The van der Waals surface area contributed by atoms with Gasteiger partial charge in [-0.2, -0.15) is 0 Å². The molecule has 1 unspecified atom stereocenters. The molecule has 0 aliphatic carbocycles. The number of benzene rings is 2. The van der Waals surface area contributed by atoms with Crippen molar-refractivity contribution in [3.05, 3.63) is 53.1 Å². The smallest absolute Gasteiger partial charge is 0.231 e. The predicted molar refractivity (Wildman–Crippen MR) is 100 cm³/mol. The van der Waals surface area contributed by atoms with Crippen LogP contribution in [0.4, 0.5) is 0 Å². The highest BCUT2D eigenvalue weighted by Gasteiger charge is 2.25. The van der Waals surface area contributed by atoms with Gasteiger partial charge in [-0.15, -0.1) is 0 Å². The lowest BCUT2D eigenvalue weighted by molar-refractivity contribution is 0.174. The summed E-state index contributed by atoms with van der Waals surface area (Å²) in [7, 11) is 5.50. The Morgan fingerprint density at radius 2 is 1.81 bits per heavy atom. The van der Waals surface area contributed by atoms with Crippen molar-refractivity contribution in [2.75, 3.05) is 34.6 Å². The standard InChI is InChI=1S/C21H23NO4/c1-22-9-8-15-11-19(23-2)20(24-3)12-16(15)17(22)6-4-14-5-7-18-21(10-14)26-13-25-18/h4-7,10-12,17H,8-9,13H2,1-3H3/b6-4+. The van der Waals surface area contributed by atoms with Gasteiger partial charge >= 0.3 is 0 Å². The fourth-order valence-corrected chi connectivity index (χ4v) is 3.57. The molecule has 2 heterocycles. The molecule has 1 atom stereocenters. The van der Waals surface area contributed by atoms with Crippen LogP contribution in [0.25, 0.3) is 6.08 Å². The Balaban J connectivity index is 1.66. The summed E-state index contributed by atoms with van der Waals surface area (Å²) in [6.07, 6.45) is 5.36. The molecule has 0 aromatic heterocycles. The van der Waals surface area contributed by atoms with Gasteiger partial charge in [0, 0.05) is 6.54 Å². The molecule has 136 valence electrons. The van der Waals surface area contributed by atoms with Gasteiger partial charge in [0.2, 0.25) is 6.79 Å². The van der Waals surface area contributed by atoms with Crippen LogP contribution in [0.2, 0.25) is 0 Å². The molecule has 0 radical (unpaired) electrons. The molecule has 2 aliphatic heterocycles. The molecular weight excluding hydrogens is 330 g/mol. The average Bonchev–Trinajstić information content (AvgIpc) is 3.14. The molecule has 0 bridgehead atoms. The molecule has 2 aliphatic rings. The molecule has 0 saturated heterocycles. The Morgan fingerprint density at radius 3 is 2.62 bits per heavy atom. The Labute approximate surface area is 153 Å². The van der Waals surface area contributed by atoms with Crippen molar-refractivity contribution in [1.82, 2.24) is 4.90 Å². The van der Waals surface area contributed by atoms with Crippen LogP contribution in [0.3, 0.4) is 0 Å². The van der Waals surface area contributed by atoms with Crippen LogP contribution in [0, 0.1) is 0 Å². The minimum atomic E-state index is 0.184. The van der Waals surface area contributed by atoms with Crippen LogP contribution in [-0.4, -0.2) is 39.5 Å². The Morgan fingerprint density at radius 1 is 1.04 bits per heavy atom. The van der Waals surface area contributed by atoms with E-state index in [1.165, 1.54) is 11.1 Å². The van der Waals surface area contributed by atoms with Gasteiger partial charge in [0.15, 0.2) is 23.0 Å². The number of rotatable bonds is 4. The van der Waals surface area contributed by atoms with E-state index < -0.39 is 0 Å². The van der Waals surface area contributed by atoms with Crippen molar-refractivity contribution >= 4 is 6.08 Å². The summed E-state index contributed by atoms with van der Waals surface area (Å²) in [6, 6.07) is 10.4. The molecule has 0 amide bonds. The molecule has 4 rings (SSSR count). The number of likely N-dealkylation sites (N-methyl/N-ethyl adjacent to an activating group) is 1. The second kappa shape index (κ2) is 6.92. The molecule has 0 spiro atoms. The van der Waals surface area contributed by atoms with Gasteiger partial charge < -0.3 is 18.9 Å². The van der Waals surface area contributed by atoms with Gasteiger partial charge in [-0.3, -0.25) is 4.90 Å². The van der Waals surface area contributed by atoms with E-state index in [4.69, 9.17) is 18.9 Å². The molecule has 0 saturated carbocycles. The van der Waals surface area contributed by atoms with E-state index in [9.17, 15) is 0 Å². The van der Waals surface area contributed by atoms with Crippen LogP contribution >= 0.6 is 0 Å². The lowest BCUT2D eigenvalue weighted by atomic mass is 9.91. The largest absolute Gasteiger partial charge is 0.493 e. The fraction of sp³-hybridized carbons (Fsp3) is 0.333. The maximum atomic E-state index is 5.50. The highest BCUT2D eigenvalue weighted by atomic mass is 16.7.